The van der Waals surface area contributed by atoms with Gasteiger partial charge >= 0.3 is 0 Å². The van der Waals surface area contributed by atoms with E-state index in [1.165, 1.54) is 24.3 Å². The maximum absolute atomic E-state index is 13.4. The number of nitrogens with one attached hydrogen (secondary N) is 1. The van der Waals surface area contributed by atoms with Gasteiger partial charge in [0, 0.05) is 5.02 Å². The Morgan fingerprint density at radius 3 is 2.32 bits per heavy atom. The Labute approximate surface area is 186 Å². The molecule has 0 spiro atoms. The molecule has 5 nitrogen and oxygen atoms in total. The van der Waals surface area contributed by atoms with Crippen molar-refractivity contribution in [1.29, 1.82) is 0 Å². The van der Waals surface area contributed by atoms with Gasteiger partial charge in [0.1, 0.15) is 12.4 Å². The van der Waals surface area contributed by atoms with Gasteiger partial charge in [-0.15, -0.1) is 0 Å². The summed E-state index contributed by atoms with van der Waals surface area (Å²) in [5.41, 5.74) is 1.56. The lowest BCUT2D eigenvalue weighted by Crippen LogP contribution is -2.42. The van der Waals surface area contributed by atoms with E-state index >= 15 is 0 Å². The zero-order chi connectivity index (χ0) is 22.6. The van der Waals surface area contributed by atoms with Crippen molar-refractivity contribution >= 4 is 33.2 Å². The van der Waals surface area contributed by atoms with Crippen molar-refractivity contribution in [3.63, 3.8) is 0 Å². The second kappa shape index (κ2) is 9.49. The van der Waals surface area contributed by atoms with Crippen LogP contribution in [0.5, 0.6) is 0 Å². The first-order valence-electron chi connectivity index (χ1n) is 9.58. The number of sulfonamides is 1. The first-order chi connectivity index (χ1) is 14.7. The minimum absolute atomic E-state index is 0.0637. The number of benzene rings is 3. The van der Waals surface area contributed by atoms with Crippen molar-refractivity contribution in [2.75, 3.05) is 10.8 Å². The molecule has 1 atom stereocenters. The lowest BCUT2D eigenvalue weighted by Gasteiger charge is -2.26. The Hall–Kier alpha value is -2.90. The predicted molar refractivity (Wildman–Crippen MR) is 120 cm³/mol. The molecule has 0 heterocycles. The molecule has 8 heteroatoms. The largest absolute Gasteiger partial charge is 0.348 e. The smallest absolute Gasteiger partial charge is 0.264 e. The fraction of sp³-hybridized carbons (Fsp3) is 0.174. The fourth-order valence-electron chi connectivity index (χ4n) is 3.14. The topological polar surface area (TPSA) is 66.5 Å². The van der Waals surface area contributed by atoms with Gasteiger partial charge in [0.05, 0.1) is 16.6 Å². The van der Waals surface area contributed by atoms with Crippen LogP contribution < -0.4 is 9.62 Å². The first kappa shape index (κ1) is 22.8. The molecule has 0 aliphatic heterocycles. The Balaban J connectivity index is 1.92. The van der Waals surface area contributed by atoms with Crippen LogP contribution in [0.25, 0.3) is 0 Å². The van der Waals surface area contributed by atoms with Crippen LogP contribution in [0.2, 0.25) is 5.02 Å². The molecule has 3 rings (SSSR count). The lowest BCUT2D eigenvalue weighted by molar-refractivity contribution is -0.120. The molecule has 0 fully saturated rings. The third kappa shape index (κ3) is 5.24. The Bertz CT molecular complexity index is 1170. The molecule has 1 amide bonds. The van der Waals surface area contributed by atoms with E-state index in [2.05, 4.69) is 5.32 Å². The molecule has 0 aromatic heterocycles. The number of anilines is 1. The number of hydrogen-bond donors (Lipinski definition) is 1. The minimum Gasteiger partial charge on any atom is -0.348 e. The van der Waals surface area contributed by atoms with Gasteiger partial charge in [-0.05, 0) is 61.4 Å². The van der Waals surface area contributed by atoms with Crippen molar-refractivity contribution in [2.45, 2.75) is 24.8 Å². The van der Waals surface area contributed by atoms with Gasteiger partial charge in [0.25, 0.3) is 10.0 Å². The summed E-state index contributed by atoms with van der Waals surface area (Å²) in [4.78, 5) is 12.9. The Morgan fingerprint density at radius 1 is 1.03 bits per heavy atom. The van der Waals surface area contributed by atoms with Crippen LogP contribution in [0, 0.1) is 12.7 Å². The molecule has 1 N–H and O–H groups in total. The van der Waals surface area contributed by atoms with E-state index in [-0.39, 0.29) is 10.7 Å². The van der Waals surface area contributed by atoms with Gasteiger partial charge in [-0.1, -0.05) is 48.0 Å². The molecule has 3 aromatic carbocycles. The van der Waals surface area contributed by atoms with Crippen LogP contribution in [0.1, 0.15) is 24.1 Å². The third-order valence-corrected chi connectivity index (χ3v) is 7.06. The van der Waals surface area contributed by atoms with Crippen molar-refractivity contribution in [3.05, 3.63) is 94.8 Å². The average molecular weight is 461 g/mol. The highest BCUT2D eigenvalue weighted by molar-refractivity contribution is 7.92. The Kier molecular flexibility index (Phi) is 6.97. The van der Waals surface area contributed by atoms with Crippen molar-refractivity contribution in [1.82, 2.24) is 5.32 Å². The summed E-state index contributed by atoms with van der Waals surface area (Å²) < 4.78 is 41.0. The van der Waals surface area contributed by atoms with Crippen molar-refractivity contribution in [2.24, 2.45) is 0 Å². The molecule has 0 bridgehead atoms. The summed E-state index contributed by atoms with van der Waals surface area (Å²) >= 11 is 6.22. The van der Waals surface area contributed by atoms with Crippen molar-refractivity contribution < 1.29 is 17.6 Å². The second-order valence-electron chi connectivity index (χ2n) is 7.05. The minimum atomic E-state index is -4.03. The van der Waals surface area contributed by atoms with Gasteiger partial charge in [-0.3, -0.25) is 9.10 Å². The number of rotatable bonds is 7. The number of nitrogens with zero attached hydrogens (tertiary/aromatic N) is 1. The quantitative estimate of drug-likeness (QED) is 0.547. The van der Waals surface area contributed by atoms with Crippen LogP contribution in [0.3, 0.4) is 0 Å². The van der Waals surface area contributed by atoms with Crippen LogP contribution in [-0.2, 0) is 14.8 Å². The second-order valence-corrected chi connectivity index (χ2v) is 9.32. The number of carbonyl (C=O) groups excluding carboxylic acids is 1. The molecule has 31 heavy (non-hydrogen) atoms. The number of halogens is 2. The SMILES string of the molecule is Cc1c(Cl)cccc1N(CC(=O)N[C@H](C)c1ccc(F)cc1)S(=O)(=O)c1ccccc1. The molecule has 0 radical (unpaired) electrons. The number of amides is 1. The highest BCUT2D eigenvalue weighted by atomic mass is 35.5. The maximum Gasteiger partial charge on any atom is 0.264 e. The van der Waals surface area contributed by atoms with Crippen molar-refractivity contribution in [3.8, 4) is 0 Å². The molecular formula is C23H22ClFN2O3S. The summed E-state index contributed by atoms with van der Waals surface area (Å²) in [6.45, 7) is 3.00. The molecule has 0 unspecified atom stereocenters. The zero-order valence-corrected chi connectivity index (χ0v) is 18.6. The standard InChI is InChI=1S/C23H22ClFN2O3S/c1-16-21(24)9-6-10-22(16)27(31(29,30)20-7-4-3-5-8-20)15-23(28)26-17(2)18-11-13-19(25)14-12-18/h3-14,17H,15H2,1-2H3,(H,26,28)/t17-/m1/s1. The van der Waals surface area contributed by atoms with Gasteiger partial charge in [-0.25, -0.2) is 12.8 Å². The molecule has 3 aromatic rings. The highest BCUT2D eigenvalue weighted by Crippen LogP contribution is 2.30. The van der Waals surface area contributed by atoms with Gasteiger partial charge in [0.15, 0.2) is 0 Å². The number of hydrogen-bond acceptors (Lipinski definition) is 3. The molecular weight excluding hydrogens is 439 g/mol. The first-order valence-corrected chi connectivity index (χ1v) is 11.4. The molecule has 0 aliphatic rings. The molecule has 162 valence electrons. The van der Waals surface area contributed by atoms with Crippen LogP contribution in [0.4, 0.5) is 10.1 Å². The Morgan fingerprint density at radius 2 is 1.68 bits per heavy atom. The summed E-state index contributed by atoms with van der Waals surface area (Å²) in [5.74, 6) is -0.880. The molecule has 0 saturated carbocycles. The lowest BCUT2D eigenvalue weighted by atomic mass is 10.1. The highest BCUT2D eigenvalue weighted by Gasteiger charge is 2.29. The van der Waals surface area contributed by atoms with Crippen LogP contribution >= 0.6 is 11.6 Å². The van der Waals surface area contributed by atoms with E-state index in [4.69, 9.17) is 11.6 Å². The zero-order valence-electron chi connectivity index (χ0n) is 17.0. The summed E-state index contributed by atoms with van der Waals surface area (Å²) in [6.07, 6.45) is 0. The predicted octanol–water partition coefficient (Wildman–Crippen LogP) is 4.86. The summed E-state index contributed by atoms with van der Waals surface area (Å²) in [7, 11) is -4.03. The van der Waals surface area contributed by atoms with Gasteiger partial charge < -0.3 is 5.32 Å². The van der Waals surface area contributed by atoms with E-state index in [0.29, 0.717) is 21.8 Å². The van der Waals surface area contributed by atoms with E-state index in [9.17, 15) is 17.6 Å². The van der Waals surface area contributed by atoms with Gasteiger partial charge in [0.2, 0.25) is 5.91 Å². The van der Waals surface area contributed by atoms with E-state index < -0.39 is 28.5 Å². The van der Waals surface area contributed by atoms with Gasteiger partial charge in [-0.2, -0.15) is 0 Å². The monoisotopic (exact) mass is 460 g/mol. The average Bonchev–Trinajstić information content (AvgIpc) is 2.75. The van der Waals surface area contributed by atoms with E-state index in [0.717, 1.165) is 4.31 Å². The molecule has 0 saturated heterocycles. The summed E-state index contributed by atoms with van der Waals surface area (Å²) in [5, 5.41) is 3.17. The van der Waals surface area contributed by atoms with Crippen LogP contribution in [-0.4, -0.2) is 20.9 Å². The van der Waals surface area contributed by atoms with E-state index in [1.807, 2.05) is 0 Å². The number of carbonyl (C=O) groups is 1. The summed E-state index contributed by atoms with van der Waals surface area (Å²) in [6, 6.07) is 18.1. The van der Waals surface area contributed by atoms with E-state index in [1.54, 1.807) is 62.4 Å². The third-order valence-electron chi connectivity index (χ3n) is 4.87. The fourth-order valence-corrected chi connectivity index (χ4v) is 4.81. The maximum atomic E-state index is 13.4. The normalized spacial score (nSPS) is 12.3. The van der Waals surface area contributed by atoms with Crippen LogP contribution in [0.15, 0.2) is 77.7 Å². The molecule has 0 aliphatic carbocycles.